The standard InChI is InChI=1S/C10H11NO2/c1-8(10(12)13)5-6-9-4-2-3-7-11-9/h2-4,7H,1,5-6H2,(H,12,13). The van der Waals surface area contributed by atoms with E-state index < -0.39 is 5.97 Å². The molecule has 0 unspecified atom stereocenters. The van der Waals surface area contributed by atoms with E-state index in [9.17, 15) is 4.79 Å². The van der Waals surface area contributed by atoms with Crippen LogP contribution in [0, 0.1) is 0 Å². The monoisotopic (exact) mass is 177 g/mol. The van der Waals surface area contributed by atoms with E-state index in [0.717, 1.165) is 5.69 Å². The van der Waals surface area contributed by atoms with Gasteiger partial charge in [0.15, 0.2) is 0 Å². The van der Waals surface area contributed by atoms with Gasteiger partial charge in [0.2, 0.25) is 0 Å². The molecular weight excluding hydrogens is 166 g/mol. The summed E-state index contributed by atoms with van der Waals surface area (Å²) in [6.45, 7) is 3.44. The first-order valence-corrected chi connectivity index (χ1v) is 4.01. The van der Waals surface area contributed by atoms with Crippen LogP contribution in [0.3, 0.4) is 0 Å². The second-order valence-electron chi connectivity index (χ2n) is 2.73. The largest absolute Gasteiger partial charge is 0.478 e. The van der Waals surface area contributed by atoms with Crippen molar-refractivity contribution in [3.63, 3.8) is 0 Å². The van der Waals surface area contributed by atoms with E-state index in [1.54, 1.807) is 6.20 Å². The lowest BCUT2D eigenvalue weighted by Crippen LogP contribution is -2.00. The Hall–Kier alpha value is -1.64. The molecule has 0 radical (unpaired) electrons. The van der Waals surface area contributed by atoms with Gasteiger partial charge in [0.25, 0.3) is 0 Å². The van der Waals surface area contributed by atoms with E-state index in [1.165, 1.54) is 0 Å². The van der Waals surface area contributed by atoms with Gasteiger partial charge in [-0.2, -0.15) is 0 Å². The third kappa shape index (κ3) is 3.07. The number of aryl methyl sites for hydroxylation is 1. The lowest BCUT2D eigenvalue weighted by Gasteiger charge is -1.99. The maximum atomic E-state index is 10.4. The Labute approximate surface area is 76.7 Å². The number of nitrogens with zero attached hydrogens (tertiary/aromatic N) is 1. The Balaban J connectivity index is 2.44. The van der Waals surface area contributed by atoms with Crippen molar-refractivity contribution in [3.8, 4) is 0 Å². The molecule has 1 aromatic rings. The smallest absolute Gasteiger partial charge is 0.330 e. The highest BCUT2D eigenvalue weighted by molar-refractivity contribution is 5.85. The predicted molar refractivity (Wildman–Crippen MR) is 49.3 cm³/mol. The number of aliphatic carboxylic acids is 1. The fourth-order valence-electron chi connectivity index (χ4n) is 0.932. The first-order chi connectivity index (χ1) is 6.20. The molecular formula is C10H11NO2. The quantitative estimate of drug-likeness (QED) is 0.711. The van der Waals surface area contributed by atoms with Crippen molar-refractivity contribution in [2.45, 2.75) is 12.8 Å². The van der Waals surface area contributed by atoms with Gasteiger partial charge >= 0.3 is 5.97 Å². The van der Waals surface area contributed by atoms with E-state index in [4.69, 9.17) is 5.11 Å². The van der Waals surface area contributed by atoms with E-state index in [-0.39, 0.29) is 5.57 Å². The van der Waals surface area contributed by atoms with Gasteiger partial charge in [-0.25, -0.2) is 4.79 Å². The first kappa shape index (κ1) is 9.45. The van der Waals surface area contributed by atoms with Gasteiger partial charge in [0, 0.05) is 17.5 Å². The molecule has 0 spiro atoms. The van der Waals surface area contributed by atoms with Gasteiger partial charge in [-0.3, -0.25) is 4.98 Å². The average Bonchev–Trinajstić information content (AvgIpc) is 2.15. The number of hydrogen-bond acceptors (Lipinski definition) is 2. The number of carboxylic acid groups (broad SMARTS) is 1. The van der Waals surface area contributed by atoms with E-state index in [1.807, 2.05) is 18.2 Å². The molecule has 0 bridgehead atoms. The minimum atomic E-state index is -0.934. The van der Waals surface area contributed by atoms with Crippen LogP contribution in [0.25, 0.3) is 0 Å². The molecule has 0 atom stereocenters. The van der Waals surface area contributed by atoms with Crippen molar-refractivity contribution in [3.05, 3.63) is 42.2 Å². The molecule has 1 rings (SSSR count). The molecule has 1 N–H and O–H groups in total. The Morgan fingerprint density at radius 1 is 1.54 bits per heavy atom. The Morgan fingerprint density at radius 2 is 2.31 bits per heavy atom. The highest BCUT2D eigenvalue weighted by atomic mass is 16.4. The molecule has 3 nitrogen and oxygen atoms in total. The Bertz CT molecular complexity index is 306. The molecule has 0 aliphatic rings. The topological polar surface area (TPSA) is 50.2 Å². The molecule has 1 heterocycles. The van der Waals surface area contributed by atoms with Gasteiger partial charge in [0.1, 0.15) is 0 Å². The molecule has 1 aromatic heterocycles. The minimum Gasteiger partial charge on any atom is -0.478 e. The lowest BCUT2D eigenvalue weighted by atomic mass is 10.1. The molecule has 3 heteroatoms. The summed E-state index contributed by atoms with van der Waals surface area (Å²) >= 11 is 0. The van der Waals surface area contributed by atoms with Crippen LogP contribution in [0.1, 0.15) is 12.1 Å². The van der Waals surface area contributed by atoms with Crippen LogP contribution in [0.15, 0.2) is 36.5 Å². The summed E-state index contributed by atoms with van der Waals surface area (Å²) < 4.78 is 0. The molecule has 68 valence electrons. The average molecular weight is 177 g/mol. The molecule has 0 saturated carbocycles. The van der Waals surface area contributed by atoms with Gasteiger partial charge in [-0.15, -0.1) is 0 Å². The molecule has 13 heavy (non-hydrogen) atoms. The summed E-state index contributed by atoms with van der Waals surface area (Å²) in [5, 5.41) is 8.54. The lowest BCUT2D eigenvalue weighted by molar-refractivity contribution is -0.132. The summed E-state index contributed by atoms with van der Waals surface area (Å²) in [5.41, 5.74) is 1.12. The first-order valence-electron chi connectivity index (χ1n) is 4.01. The van der Waals surface area contributed by atoms with Crippen LogP contribution in [0.5, 0.6) is 0 Å². The van der Waals surface area contributed by atoms with Crippen LogP contribution >= 0.6 is 0 Å². The number of pyridine rings is 1. The van der Waals surface area contributed by atoms with Crippen LogP contribution in [-0.2, 0) is 11.2 Å². The van der Waals surface area contributed by atoms with Gasteiger partial charge in [0.05, 0.1) is 0 Å². The summed E-state index contributed by atoms with van der Waals surface area (Å²) in [6, 6.07) is 5.58. The molecule has 0 fully saturated rings. The van der Waals surface area contributed by atoms with Gasteiger partial charge < -0.3 is 5.11 Å². The van der Waals surface area contributed by atoms with E-state index >= 15 is 0 Å². The summed E-state index contributed by atoms with van der Waals surface area (Å²) in [4.78, 5) is 14.5. The van der Waals surface area contributed by atoms with Crippen molar-refractivity contribution >= 4 is 5.97 Å². The highest BCUT2D eigenvalue weighted by Crippen LogP contribution is 2.04. The number of aromatic nitrogens is 1. The van der Waals surface area contributed by atoms with Crippen molar-refractivity contribution in [1.29, 1.82) is 0 Å². The van der Waals surface area contributed by atoms with Crippen LogP contribution in [-0.4, -0.2) is 16.1 Å². The van der Waals surface area contributed by atoms with Crippen LogP contribution in [0.4, 0.5) is 0 Å². The van der Waals surface area contributed by atoms with E-state index in [0.29, 0.717) is 12.8 Å². The van der Waals surface area contributed by atoms with Crippen LogP contribution < -0.4 is 0 Å². The predicted octanol–water partition coefficient (Wildman–Crippen LogP) is 1.65. The second kappa shape index (κ2) is 4.40. The summed E-state index contributed by atoms with van der Waals surface area (Å²) in [6.07, 6.45) is 2.77. The summed E-state index contributed by atoms with van der Waals surface area (Å²) in [7, 11) is 0. The number of rotatable bonds is 4. The second-order valence-corrected chi connectivity index (χ2v) is 2.73. The van der Waals surface area contributed by atoms with Crippen LogP contribution in [0.2, 0.25) is 0 Å². The maximum Gasteiger partial charge on any atom is 0.330 e. The van der Waals surface area contributed by atoms with Crippen molar-refractivity contribution in [2.75, 3.05) is 0 Å². The third-order valence-corrected chi connectivity index (χ3v) is 1.71. The normalized spacial score (nSPS) is 9.54. The van der Waals surface area contributed by atoms with Gasteiger partial charge in [-0.05, 0) is 25.0 Å². The highest BCUT2D eigenvalue weighted by Gasteiger charge is 2.03. The molecule has 0 saturated heterocycles. The third-order valence-electron chi connectivity index (χ3n) is 1.71. The maximum absolute atomic E-state index is 10.4. The van der Waals surface area contributed by atoms with Crippen molar-refractivity contribution in [2.24, 2.45) is 0 Å². The zero-order chi connectivity index (χ0) is 9.68. The number of carbonyl (C=O) groups is 1. The fraction of sp³-hybridized carbons (Fsp3) is 0.200. The number of hydrogen-bond donors (Lipinski definition) is 1. The van der Waals surface area contributed by atoms with Crippen molar-refractivity contribution < 1.29 is 9.90 Å². The zero-order valence-electron chi connectivity index (χ0n) is 7.23. The minimum absolute atomic E-state index is 0.227. The molecule has 0 aliphatic carbocycles. The van der Waals surface area contributed by atoms with Crippen molar-refractivity contribution in [1.82, 2.24) is 4.98 Å². The van der Waals surface area contributed by atoms with Gasteiger partial charge in [-0.1, -0.05) is 12.6 Å². The fourth-order valence-corrected chi connectivity index (χ4v) is 0.932. The Morgan fingerprint density at radius 3 is 2.85 bits per heavy atom. The zero-order valence-corrected chi connectivity index (χ0v) is 7.23. The molecule has 0 amide bonds. The Kier molecular flexibility index (Phi) is 3.20. The van der Waals surface area contributed by atoms with E-state index in [2.05, 4.69) is 11.6 Å². The number of carboxylic acids is 1. The molecule has 0 aromatic carbocycles. The summed E-state index contributed by atoms with van der Waals surface area (Å²) in [5.74, 6) is -0.934. The SMILES string of the molecule is C=C(CCc1ccccn1)C(=O)O. The molecule has 0 aliphatic heterocycles.